The van der Waals surface area contributed by atoms with E-state index in [1.807, 2.05) is 34.0 Å². The molecule has 0 aromatic heterocycles. The Balaban J connectivity index is -0.0000000194. The summed E-state index contributed by atoms with van der Waals surface area (Å²) in [6.45, 7) is 50.2. The van der Waals surface area contributed by atoms with Crippen molar-refractivity contribution in [1.29, 1.82) is 0 Å². The van der Waals surface area contributed by atoms with E-state index < -0.39 is 19.7 Å². The summed E-state index contributed by atoms with van der Waals surface area (Å²) in [7, 11) is -3.68. The minimum absolute atomic E-state index is 0. The average Bonchev–Trinajstić information content (AvgIpc) is 3.24. The number of carbonyl (C=O) groups is 1. The van der Waals surface area contributed by atoms with Crippen LogP contribution in [0.5, 0.6) is 0 Å². The van der Waals surface area contributed by atoms with Gasteiger partial charge >= 0.3 is 0 Å². The first-order valence-corrected chi connectivity index (χ1v) is 26.0. The van der Waals surface area contributed by atoms with Crippen molar-refractivity contribution in [3.63, 3.8) is 0 Å². The second-order valence-electron chi connectivity index (χ2n) is 11.9. The minimum Gasteiger partial charge on any atom is -0.502 e. The molecule has 440 valence electrons. The molecule has 0 aromatic carbocycles. The third-order valence-corrected chi connectivity index (χ3v) is 11.8. The standard InChI is InChI=1S/C7H14.C6H10O.2C6H12.C5H10O.C5H10S.C5H10.2C4H10O2S.12CH4/c1-4-6-7(3)5-2;1-3-5-6(7)4-2;2*1-4-6(3)5-2;2*1-4-5(2)6-3;1-3-5-4-2;2*1-3-7(5,6)4-2;;;;;;;;;;;;/h3-6H2,1-2H3;3,5H,4H2,1-2H3;2*3-5H2,1-2H3;2*2,4H2,1,3H3;3,5H,4H2,1-2H3;2*3-4H2,1-2H3;12*1H4/b;5-3-;;;;;5-3-;;;;;;;;;;;;;;. The summed E-state index contributed by atoms with van der Waals surface area (Å²) in [6.07, 6.45) is 21.5. The van der Waals surface area contributed by atoms with Gasteiger partial charge in [-0.25, -0.2) is 16.8 Å². The highest BCUT2D eigenvalue weighted by atomic mass is 32.2. The molecule has 0 atom stereocenters. The highest BCUT2D eigenvalue weighted by molar-refractivity contribution is 8.02. The first-order chi connectivity index (χ1) is 26.5. The number of thioether (sulfide) groups is 1. The number of methoxy groups -OCH3 is 1. The van der Waals surface area contributed by atoms with Crippen LogP contribution in [0.2, 0.25) is 0 Å². The molecule has 0 aromatic rings. The molecule has 0 rings (SSSR count). The fraction of sp³-hybridized carbons (Fsp3) is 0.750. The van der Waals surface area contributed by atoms with Crippen molar-refractivity contribution in [3.05, 3.63) is 84.6 Å². The molecule has 0 bridgehead atoms. The van der Waals surface area contributed by atoms with E-state index in [0.29, 0.717) is 6.42 Å². The van der Waals surface area contributed by atoms with E-state index in [1.165, 1.54) is 34.5 Å². The van der Waals surface area contributed by atoms with Gasteiger partial charge in [0.1, 0.15) is 19.7 Å². The largest absolute Gasteiger partial charge is 0.502 e. The van der Waals surface area contributed by atoms with Gasteiger partial charge in [0.15, 0.2) is 5.78 Å². The Labute approximate surface area is 452 Å². The molecule has 0 N–H and O–H groups in total. The van der Waals surface area contributed by atoms with E-state index in [0.717, 1.165) is 57.1 Å². The van der Waals surface area contributed by atoms with E-state index in [1.54, 1.807) is 58.7 Å². The molecule has 0 heterocycles. The van der Waals surface area contributed by atoms with Crippen molar-refractivity contribution in [1.82, 2.24) is 0 Å². The molecule has 0 aliphatic heterocycles. The van der Waals surface area contributed by atoms with Gasteiger partial charge in [-0.05, 0) is 82.5 Å². The number of allylic oxidation sites excluding steroid dienone is 9. The number of ketones is 1. The molecule has 0 amide bonds. The number of hydrogen-bond donors (Lipinski definition) is 0. The highest BCUT2D eigenvalue weighted by Gasteiger charge is 2.00. The lowest BCUT2D eigenvalue weighted by atomic mass is 10.1. The van der Waals surface area contributed by atoms with Crippen LogP contribution < -0.4 is 0 Å². The number of carbonyl (C=O) groups excluding carboxylic acids is 1. The van der Waals surface area contributed by atoms with Crippen molar-refractivity contribution in [3.8, 4) is 0 Å². The SMILES string of the molecule is C.C.C.C.C.C.C.C.C.C.C.C.C/C=C\C(=O)CC.C/C=C\CC.C=C(CC)CC.C=C(CC)CC.C=C(CC)CCC.C=C(CC)OC.C=C(CC)SC.CCS(=O)(=O)CC.CCS(=O)(=O)CC. The lowest BCUT2D eigenvalue weighted by Gasteiger charge is -1.94. The van der Waals surface area contributed by atoms with Crippen LogP contribution >= 0.6 is 11.8 Å². The quantitative estimate of drug-likeness (QED) is 0.0767. The van der Waals surface area contributed by atoms with Gasteiger partial charge in [-0.3, -0.25) is 4.79 Å². The predicted octanol–water partition coefficient (Wildman–Crippen LogP) is 23.3. The molecule has 0 saturated carbocycles. The molecule has 9 heteroatoms. The Morgan fingerprint density at radius 1 is 0.464 bits per heavy atom. The number of ether oxygens (including phenoxy) is 1. The number of sulfone groups is 2. The van der Waals surface area contributed by atoms with Crippen LogP contribution in [0.15, 0.2) is 84.6 Å². The molecule has 0 spiro atoms. The van der Waals surface area contributed by atoms with Crippen molar-refractivity contribution in [2.75, 3.05) is 36.4 Å². The van der Waals surface area contributed by atoms with E-state index in [-0.39, 0.29) is 118 Å². The Bertz CT molecular complexity index is 1040. The van der Waals surface area contributed by atoms with Gasteiger partial charge in [0, 0.05) is 35.9 Å². The van der Waals surface area contributed by atoms with Crippen molar-refractivity contribution < 1.29 is 26.4 Å². The summed E-state index contributed by atoms with van der Waals surface area (Å²) < 4.78 is 46.2. The third kappa shape index (κ3) is 187. The fourth-order valence-corrected chi connectivity index (χ4v) is 3.37. The van der Waals surface area contributed by atoms with E-state index in [9.17, 15) is 21.6 Å². The average molecular weight is 1060 g/mol. The summed E-state index contributed by atoms with van der Waals surface area (Å²) in [6, 6.07) is 0. The molecule has 0 aliphatic carbocycles. The first kappa shape index (κ1) is 138. The van der Waals surface area contributed by atoms with Gasteiger partial charge in [0.05, 0.1) is 12.9 Å². The molecule has 0 fully saturated rings. The van der Waals surface area contributed by atoms with Crippen LogP contribution in [-0.4, -0.2) is 59.0 Å². The minimum atomic E-state index is -2.66. The highest BCUT2D eigenvalue weighted by Crippen LogP contribution is 2.10. The van der Waals surface area contributed by atoms with Gasteiger partial charge in [0.25, 0.3) is 0 Å². The van der Waals surface area contributed by atoms with Gasteiger partial charge in [-0.1, -0.05) is 260 Å². The number of hydrogen-bond acceptors (Lipinski definition) is 7. The molecule has 0 unspecified atom stereocenters. The molecular formula is C60H146O6S3. The fourth-order valence-electron chi connectivity index (χ4n) is 2.27. The van der Waals surface area contributed by atoms with Crippen LogP contribution in [0.3, 0.4) is 0 Å². The van der Waals surface area contributed by atoms with Crippen LogP contribution in [0, 0.1) is 0 Å². The van der Waals surface area contributed by atoms with Crippen LogP contribution in [-0.2, 0) is 29.2 Å². The Kier molecular flexibility index (Phi) is 232. The van der Waals surface area contributed by atoms with Crippen molar-refractivity contribution in [2.24, 2.45) is 0 Å². The second kappa shape index (κ2) is 116. The molecule has 6 nitrogen and oxygen atoms in total. The van der Waals surface area contributed by atoms with Gasteiger partial charge < -0.3 is 4.74 Å². The summed E-state index contributed by atoms with van der Waals surface area (Å²) in [4.78, 5) is 11.6. The zero-order valence-electron chi connectivity index (χ0n) is 41.1. The lowest BCUT2D eigenvalue weighted by Crippen LogP contribution is -2.04. The summed E-state index contributed by atoms with van der Waals surface area (Å²) in [5.41, 5.74) is 4.06. The van der Waals surface area contributed by atoms with Crippen molar-refractivity contribution in [2.45, 2.75) is 271 Å². The Morgan fingerprint density at radius 2 is 0.754 bits per heavy atom. The lowest BCUT2D eigenvalue weighted by molar-refractivity contribution is -0.114. The van der Waals surface area contributed by atoms with Crippen LogP contribution in [0.25, 0.3) is 0 Å². The van der Waals surface area contributed by atoms with Gasteiger partial charge in [-0.15, -0.1) is 11.8 Å². The molecular weight excluding hydrogens is 913 g/mol. The van der Waals surface area contributed by atoms with Gasteiger partial charge in [0.2, 0.25) is 0 Å². The monoisotopic (exact) mass is 1060 g/mol. The Hall–Kier alpha value is -2.10. The topological polar surface area (TPSA) is 94.6 Å². The maximum absolute atomic E-state index is 10.4. The van der Waals surface area contributed by atoms with Crippen LogP contribution in [0.1, 0.15) is 271 Å². The molecule has 0 aliphatic rings. The zero-order valence-corrected chi connectivity index (χ0v) is 43.6. The van der Waals surface area contributed by atoms with E-state index in [2.05, 4.69) is 100 Å². The number of rotatable bonds is 18. The summed E-state index contributed by atoms with van der Waals surface area (Å²) >= 11 is 1.73. The zero-order chi connectivity index (χ0) is 47.3. The summed E-state index contributed by atoms with van der Waals surface area (Å²) in [5, 5.41) is 0. The maximum atomic E-state index is 10.4. The van der Waals surface area contributed by atoms with Gasteiger partial charge in [-0.2, -0.15) is 0 Å². The summed E-state index contributed by atoms with van der Waals surface area (Å²) in [5.74, 6) is 2.11. The second-order valence-corrected chi connectivity index (χ2v) is 18.2. The maximum Gasteiger partial charge on any atom is 0.155 e. The molecule has 69 heavy (non-hydrogen) atoms. The molecule has 0 radical (unpaired) electrons. The predicted molar refractivity (Wildman–Crippen MR) is 349 cm³/mol. The Morgan fingerprint density at radius 3 is 0.783 bits per heavy atom. The normalized spacial score (nSPS) is 7.86. The van der Waals surface area contributed by atoms with Crippen LogP contribution in [0.4, 0.5) is 0 Å². The van der Waals surface area contributed by atoms with E-state index in [4.69, 9.17) is 4.74 Å². The van der Waals surface area contributed by atoms with E-state index >= 15 is 0 Å². The third-order valence-electron chi connectivity index (χ3n) is 7.40. The molecule has 0 saturated heterocycles. The first-order valence-electron chi connectivity index (χ1n) is 21.1. The van der Waals surface area contributed by atoms with Crippen molar-refractivity contribution >= 4 is 37.2 Å². The smallest absolute Gasteiger partial charge is 0.155 e.